The van der Waals surface area contributed by atoms with E-state index in [1.165, 1.54) is 0 Å². The van der Waals surface area contributed by atoms with Crippen molar-refractivity contribution in [3.63, 3.8) is 0 Å². The number of hydrogen-bond acceptors (Lipinski definition) is 7. The normalized spacial score (nSPS) is 13.8. The summed E-state index contributed by atoms with van der Waals surface area (Å²) in [6, 6.07) is 14.8. The molecule has 1 N–H and O–H groups in total. The van der Waals surface area contributed by atoms with Gasteiger partial charge in [-0.1, -0.05) is 0 Å². The van der Waals surface area contributed by atoms with Crippen LogP contribution in [0.25, 0.3) is 0 Å². The van der Waals surface area contributed by atoms with Crippen molar-refractivity contribution in [2.24, 2.45) is 0 Å². The highest BCUT2D eigenvalue weighted by atomic mass is 16.5. The van der Waals surface area contributed by atoms with E-state index in [-0.39, 0.29) is 12.5 Å². The molecule has 2 heterocycles. The number of carbonyl (C=O) groups is 1. The average molecular weight is 408 g/mol. The maximum absolute atomic E-state index is 12.5. The molecule has 30 heavy (non-hydrogen) atoms. The van der Waals surface area contributed by atoms with Crippen molar-refractivity contribution in [3.8, 4) is 5.75 Å². The summed E-state index contributed by atoms with van der Waals surface area (Å²) in [7, 11) is 0. The van der Waals surface area contributed by atoms with E-state index in [4.69, 9.17) is 9.47 Å². The smallest absolute Gasteiger partial charge is 0.255 e. The van der Waals surface area contributed by atoms with E-state index >= 15 is 0 Å². The molecule has 1 amide bonds. The lowest BCUT2D eigenvalue weighted by Crippen LogP contribution is -2.36. The minimum absolute atomic E-state index is 0.171. The molecule has 0 atom stereocenters. The van der Waals surface area contributed by atoms with Crippen LogP contribution in [-0.4, -0.2) is 52.4 Å². The van der Waals surface area contributed by atoms with Crippen LogP contribution >= 0.6 is 0 Å². The lowest BCUT2D eigenvalue weighted by molar-refractivity contribution is 0.102. The van der Waals surface area contributed by atoms with Crippen molar-refractivity contribution in [2.75, 3.05) is 36.5 Å². The quantitative estimate of drug-likeness (QED) is 0.641. The molecule has 0 bridgehead atoms. The maximum Gasteiger partial charge on any atom is 0.255 e. The largest absolute Gasteiger partial charge is 0.486 e. The van der Waals surface area contributed by atoms with Crippen molar-refractivity contribution < 1.29 is 14.3 Å². The van der Waals surface area contributed by atoms with Gasteiger partial charge in [0.25, 0.3) is 5.91 Å². The summed E-state index contributed by atoms with van der Waals surface area (Å²) < 4.78 is 12.8. The van der Waals surface area contributed by atoms with Crippen molar-refractivity contribution in [1.29, 1.82) is 0 Å². The van der Waals surface area contributed by atoms with Gasteiger partial charge >= 0.3 is 0 Å². The molecule has 0 spiro atoms. The number of tetrazole rings is 1. The second-order valence-electron chi connectivity index (χ2n) is 6.82. The fraction of sp³-hybridized carbons (Fsp3) is 0.333. The first-order valence-corrected chi connectivity index (χ1v) is 9.95. The molecule has 9 nitrogen and oxygen atoms in total. The van der Waals surface area contributed by atoms with Crippen LogP contribution in [0.2, 0.25) is 0 Å². The van der Waals surface area contributed by atoms with Gasteiger partial charge in [-0.3, -0.25) is 4.79 Å². The van der Waals surface area contributed by atoms with Crippen LogP contribution in [-0.2, 0) is 17.9 Å². The summed E-state index contributed by atoms with van der Waals surface area (Å²) >= 11 is 0. The fourth-order valence-electron chi connectivity index (χ4n) is 3.20. The Labute approximate surface area is 174 Å². The Hall–Kier alpha value is -3.46. The summed E-state index contributed by atoms with van der Waals surface area (Å²) in [4.78, 5) is 14.8. The van der Waals surface area contributed by atoms with Gasteiger partial charge < -0.3 is 19.7 Å². The van der Waals surface area contributed by atoms with Gasteiger partial charge in [0, 0.05) is 36.6 Å². The van der Waals surface area contributed by atoms with E-state index in [1.54, 1.807) is 28.9 Å². The van der Waals surface area contributed by atoms with Gasteiger partial charge in [-0.25, -0.2) is 4.68 Å². The lowest BCUT2D eigenvalue weighted by atomic mass is 10.2. The molecule has 1 aliphatic rings. The topological polar surface area (TPSA) is 94.4 Å². The number of rotatable bonds is 7. The Bertz CT molecular complexity index is 965. The summed E-state index contributed by atoms with van der Waals surface area (Å²) in [6.07, 6.45) is 0. The van der Waals surface area contributed by atoms with Crippen LogP contribution in [0.5, 0.6) is 5.75 Å². The van der Waals surface area contributed by atoms with Crippen LogP contribution in [0, 0.1) is 0 Å². The minimum Gasteiger partial charge on any atom is -0.486 e. The van der Waals surface area contributed by atoms with Crippen molar-refractivity contribution in [1.82, 2.24) is 20.2 Å². The number of nitrogens with zero attached hydrogens (tertiary/aromatic N) is 5. The van der Waals surface area contributed by atoms with Crippen LogP contribution < -0.4 is 15.0 Å². The number of anilines is 2. The summed E-state index contributed by atoms with van der Waals surface area (Å²) in [5.74, 6) is 1.13. The Morgan fingerprint density at radius 2 is 1.83 bits per heavy atom. The third-order valence-electron chi connectivity index (χ3n) is 4.89. The van der Waals surface area contributed by atoms with Gasteiger partial charge in [-0.05, 0) is 65.9 Å². The van der Waals surface area contributed by atoms with E-state index < -0.39 is 0 Å². The van der Waals surface area contributed by atoms with Crippen molar-refractivity contribution in [2.45, 2.75) is 20.1 Å². The monoisotopic (exact) mass is 408 g/mol. The SMILES string of the molecule is CCn1nnnc1COc1ccc(C(=O)Nc2ccc(N3CCOCC3)cc2)cc1. The maximum atomic E-state index is 12.5. The van der Waals surface area contributed by atoms with Crippen molar-refractivity contribution >= 4 is 17.3 Å². The molecule has 3 aromatic rings. The fourth-order valence-corrected chi connectivity index (χ4v) is 3.20. The molecular formula is C21H24N6O3. The Morgan fingerprint density at radius 1 is 1.10 bits per heavy atom. The summed E-state index contributed by atoms with van der Waals surface area (Å²) in [6.45, 7) is 6.16. The zero-order valence-electron chi connectivity index (χ0n) is 16.8. The second kappa shape index (κ2) is 9.36. The first-order chi connectivity index (χ1) is 14.7. The highest BCUT2D eigenvalue weighted by Crippen LogP contribution is 2.20. The molecule has 0 aliphatic carbocycles. The number of morpholine rings is 1. The summed E-state index contributed by atoms with van der Waals surface area (Å²) in [5, 5.41) is 14.4. The first-order valence-electron chi connectivity index (χ1n) is 9.95. The predicted molar refractivity (Wildman–Crippen MR) is 112 cm³/mol. The number of amides is 1. The van der Waals surface area contributed by atoms with E-state index in [2.05, 4.69) is 25.7 Å². The molecule has 1 aromatic heterocycles. The molecule has 1 aliphatic heterocycles. The molecule has 0 unspecified atom stereocenters. The molecule has 2 aromatic carbocycles. The molecule has 9 heteroatoms. The Morgan fingerprint density at radius 3 is 2.53 bits per heavy atom. The number of aryl methyl sites for hydroxylation is 1. The number of benzene rings is 2. The lowest BCUT2D eigenvalue weighted by Gasteiger charge is -2.28. The van der Waals surface area contributed by atoms with Crippen LogP contribution in [0.3, 0.4) is 0 Å². The molecule has 0 radical (unpaired) electrons. The van der Waals surface area contributed by atoms with Crippen LogP contribution in [0.1, 0.15) is 23.1 Å². The zero-order valence-corrected chi connectivity index (χ0v) is 16.8. The Balaban J connectivity index is 1.32. The number of nitrogens with one attached hydrogen (secondary N) is 1. The van der Waals surface area contributed by atoms with Gasteiger partial charge in [-0.15, -0.1) is 5.10 Å². The predicted octanol–water partition coefficient (Wildman–Crippen LogP) is 2.36. The number of hydrogen-bond donors (Lipinski definition) is 1. The standard InChI is InChI=1S/C21H24N6O3/c1-2-27-20(23-24-25-27)15-30-19-9-3-16(4-10-19)21(28)22-17-5-7-18(8-6-17)26-11-13-29-14-12-26/h3-10H,2,11-15H2,1H3,(H,22,28). The van der Waals surface area contributed by atoms with E-state index in [1.807, 2.05) is 31.2 Å². The van der Waals surface area contributed by atoms with Crippen LogP contribution in [0.15, 0.2) is 48.5 Å². The van der Waals surface area contributed by atoms with Gasteiger partial charge in [0.2, 0.25) is 0 Å². The zero-order chi connectivity index (χ0) is 20.8. The van der Waals surface area contributed by atoms with Crippen molar-refractivity contribution in [3.05, 3.63) is 59.9 Å². The van der Waals surface area contributed by atoms with E-state index in [9.17, 15) is 4.79 Å². The third kappa shape index (κ3) is 4.74. The summed E-state index contributed by atoms with van der Waals surface area (Å²) in [5.41, 5.74) is 2.44. The highest BCUT2D eigenvalue weighted by molar-refractivity contribution is 6.04. The van der Waals surface area contributed by atoms with Gasteiger partial charge in [-0.2, -0.15) is 0 Å². The molecular weight excluding hydrogens is 384 g/mol. The number of carbonyl (C=O) groups excluding carboxylic acids is 1. The van der Waals surface area contributed by atoms with Crippen LogP contribution in [0.4, 0.5) is 11.4 Å². The molecule has 1 fully saturated rings. The first kappa shape index (κ1) is 19.8. The second-order valence-corrected chi connectivity index (χ2v) is 6.82. The number of ether oxygens (including phenoxy) is 2. The van der Waals surface area contributed by atoms with E-state index in [0.717, 1.165) is 37.7 Å². The molecule has 4 rings (SSSR count). The molecule has 1 saturated heterocycles. The van der Waals surface area contributed by atoms with Gasteiger partial charge in [0.05, 0.1) is 13.2 Å². The molecule has 0 saturated carbocycles. The highest BCUT2D eigenvalue weighted by Gasteiger charge is 2.12. The minimum atomic E-state index is -0.171. The van der Waals surface area contributed by atoms with Gasteiger partial charge in [0.1, 0.15) is 12.4 Å². The van der Waals surface area contributed by atoms with E-state index in [0.29, 0.717) is 23.7 Å². The third-order valence-corrected chi connectivity index (χ3v) is 4.89. The van der Waals surface area contributed by atoms with Gasteiger partial charge in [0.15, 0.2) is 5.82 Å². The average Bonchev–Trinajstić information content (AvgIpc) is 3.27. The number of aromatic nitrogens is 4. The Kier molecular flexibility index (Phi) is 6.19. The molecule has 156 valence electrons.